The van der Waals surface area contributed by atoms with Crippen molar-refractivity contribution in [1.82, 2.24) is 19.5 Å². The molecule has 6 heteroatoms. The van der Waals surface area contributed by atoms with Crippen molar-refractivity contribution in [3.8, 4) is 39.9 Å². The van der Waals surface area contributed by atoms with Gasteiger partial charge in [-0.1, -0.05) is 115 Å². The van der Waals surface area contributed by atoms with Crippen LogP contribution in [0, 0.1) is 0 Å². The monoisotopic (exact) mass is 592 g/mol. The molecule has 0 amide bonds. The maximum atomic E-state index is 13.2. The van der Waals surface area contributed by atoms with E-state index in [1.165, 1.54) is 0 Å². The molecule has 9 rings (SSSR count). The van der Waals surface area contributed by atoms with E-state index >= 15 is 0 Å². The number of rotatable bonds is 4. The molecule has 46 heavy (non-hydrogen) atoms. The molecule has 0 unspecified atom stereocenters. The van der Waals surface area contributed by atoms with E-state index in [0.717, 1.165) is 55.0 Å². The van der Waals surface area contributed by atoms with Crippen LogP contribution in [0.15, 0.2) is 155 Å². The molecule has 0 N–H and O–H groups in total. The second-order valence-electron chi connectivity index (χ2n) is 11.2. The van der Waals surface area contributed by atoms with Crippen LogP contribution in [0.5, 0.6) is 0 Å². The second kappa shape index (κ2) is 10.4. The summed E-state index contributed by atoms with van der Waals surface area (Å²) in [6.07, 6.45) is 0. The Bertz CT molecular complexity index is 2600. The van der Waals surface area contributed by atoms with Crippen LogP contribution in [0.3, 0.4) is 0 Å². The molecule has 0 saturated carbocycles. The highest BCUT2D eigenvalue weighted by molar-refractivity contribution is 6.24. The quantitative estimate of drug-likeness (QED) is 0.150. The number of aromatic nitrogens is 4. The van der Waals surface area contributed by atoms with Crippen LogP contribution in [0.2, 0.25) is 0 Å². The number of benzene rings is 6. The highest BCUT2D eigenvalue weighted by Crippen LogP contribution is 2.39. The first-order valence-electron chi connectivity index (χ1n) is 15.1. The van der Waals surface area contributed by atoms with Crippen molar-refractivity contribution in [2.75, 3.05) is 0 Å². The summed E-state index contributed by atoms with van der Waals surface area (Å²) in [6, 6.07) is 48.1. The van der Waals surface area contributed by atoms with Gasteiger partial charge in [-0.15, -0.1) is 0 Å². The van der Waals surface area contributed by atoms with E-state index < -0.39 is 0 Å². The van der Waals surface area contributed by atoms with Crippen molar-refractivity contribution in [1.29, 1.82) is 0 Å². The van der Waals surface area contributed by atoms with Gasteiger partial charge in [0.2, 0.25) is 0 Å². The van der Waals surface area contributed by atoms with Gasteiger partial charge >= 0.3 is 5.63 Å². The minimum atomic E-state index is -0.353. The van der Waals surface area contributed by atoms with Gasteiger partial charge in [0.05, 0.1) is 16.4 Å². The Balaban J connectivity index is 1.34. The molecule has 6 nitrogen and oxygen atoms in total. The molecule has 0 radical (unpaired) electrons. The number of fused-ring (bicyclic) bond motifs is 7. The van der Waals surface area contributed by atoms with Gasteiger partial charge in [0.25, 0.3) is 0 Å². The van der Waals surface area contributed by atoms with E-state index in [1.54, 1.807) is 0 Å². The van der Waals surface area contributed by atoms with Crippen molar-refractivity contribution in [3.05, 3.63) is 156 Å². The van der Waals surface area contributed by atoms with Gasteiger partial charge in [-0.25, -0.2) is 19.7 Å². The lowest BCUT2D eigenvalue weighted by atomic mass is 10.0. The Labute approximate surface area is 262 Å². The first-order valence-corrected chi connectivity index (χ1v) is 15.1. The first kappa shape index (κ1) is 26.0. The molecule has 0 atom stereocenters. The Kier molecular flexibility index (Phi) is 5.86. The second-order valence-corrected chi connectivity index (χ2v) is 11.2. The summed E-state index contributed by atoms with van der Waals surface area (Å²) < 4.78 is 7.96. The summed E-state index contributed by atoms with van der Waals surface area (Å²) >= 11 is 0. The molecule has 9 aromatic rings. The smallest absolute Gasteiger partial charge is 0.344 e. The fourth-order valence-electron chi connectivity index (χ4n) is 6.41. The van der Waals surface area contributed by atoms with Gasteiger partial charge in [0.15, 0.2) is 17.5 Å². The fourth-order valence-corrected chi connectivity index (χ4v) is 6.41. The zero-order chi connectivity index (χ0) is 30.6. The number of hydrogen-bond acceptors (Lipinski definition) is 5. The Morgan fingerprint density at radius 2 is 1.04 bits per heavy atom. The van der Waals surface area contributed by atoms with Gasteiger partial charge in [0.1, 0.15) is 5.58 Å². The molecule has 0 aliphatic heterocycles. The summed E-state index contributed by atoms with van der Waals surface area (Å²) in [5, 5.41) is 4.45. The summed E-state index contributed by atoms with van der Waals surface area (Å²) in [5.41, 5.74) is 5.80. The lowest BCUT2D eigenvalue weighted by molar-refractivity contribution is 0.570. The van der Waals surface area contributed by atoms with Gasteiger partial charge in [0, 0.05) is 43.9 Å². The van der Waals surface area contributed by atoms with E-state index in [4.69, 9.17) is 19.4 Å². The van der Waals surface area contributed by atoms with Gasteiger partial charge in [-0.05, 0) is 30.3 Å². The van der Waals surface area contributed by atoms with Crippen LogP contribution >= 0.6 is 0 Å². The largest absolute Gasteiger partial charge is 0.422 e. The van der Waals surface area contributed by atoms with Crippen LogP contribution in [0.4, 0.5) is 0 Å². The maximum absolute atomic E-state index is 13.2. The van der Waals surface area contributed by atoms with Crippen molar-refractivity contribution in [2.45, 2.75) is 0 Å². The standard InChI is InChI=1S/C40H24N4O2/c45-40-32-23-22-30-29-18-7-9-20-33(29)44(36(30)35(32)31-19-8-10-21-34(31)46-40)28-17-11-16-27(24-28)39-42-37(25-12-3-1-4-13-25)41-38(43-39)26-14-5-2-6-15-26/h1-24H. The van der Waals surface area contributed by atoms with Gasteiger partial charge in [-0.3, -0.25) is 0 Å². The van der Waals surface area contributed by atoms with E-state index in [0.29, 0.717) is 28.4 Å². The first-order chi connectivity index (χ1) is 22.7. The molecular weight excluding hydrogens is 568 g/mol. The molecule has 3 aromatic heterocycles. The Hall–Kier alpha value is -6.40. The van der Waals surface area contributed by atoms with Crippen LogP contribution in [0.25, 0.3) is 83.4 Å². The van der Waals surface area contributed by atoms with E-state index in [9.17, 15) is 4.79 Å². The maximum Gasteiger partial charge on any atom is 0.344 e. The highest BCUT2D eigenvalue weighted by Gasteiger charge is 2.20. The Morgan fingerprint density at radius 3 is 1.76 bits per heavy atom. The van der Waals surface area contributed by atoms with Crippen molar-refractivity contribution in [3.63, 3.8) is 0 Å². The van der Waals surface area contributed by atoms with Gasteiger partial charge < -0.3 is 8.98 Å². The normalized spacial score (nSPS) is 11.6. The average molecular weight is 593 g/mol. The molecular formula is C40H24N4O2. The summed E-state index contributed by atoms with van der Waals surface area (Å²) in [5.74, 6) is 1.79. The third-order valence-electron chi connectivity index (χ3n) is 8.48. The van der Waals surface area contributed by atoms with Crippen LogP contribution in [-0.2, 0) is 0 Å². The molecule has 0 fully saturated rings. The van der Waals surface area contributed by atoms with E-state index in [2.05, 4.69) is 28.8 Å². The number of nitrogens with zero attached hydrogens (tertiary/aromatic N) is 4. The van der Waals surface area contributed by atoms with E-state index in [1.807, 2.05) is 121 Å². The van der Waals surface area contributed by atoms with Crippen LogP contribution in [0.1, 0.15) is 0 Å². The predicted octanol–water partition coefficient (Wildman–Crippen LogP) is 9.23. The molecule has 0 spiro atoms. The zero-order valence-corrected chi connectivity index (χ0v) is 24.5. The Morgan fingerprint density at radius 1 is 0.478 bits per heavy atom. The lowest BCUT2D eigenvalue weighted by Gasteiger charge is -2.13. The van der Waals surface area contributed by atoms with Crippen molar-refractivity contribution < 1.29 is 4.42 Å². The molecule has 0 bridgehead atoms. The highest BCUT2D eigenvalue weighted by atomic mass is 16.4. The average Bonchev–Trinajstić information content (AvgIpc) is 3.47. The van der Waals surface area contributed by atoms with Gasteiger partial charge in [-0.2, -0.15) is 0 Å². The number of para-hydroxylation sites is 2. The van der Waals surface area contributed by atoms with Crippen molar-refractivity contribution in [2.24, 2.45) is 0 Å². The lowest BCUT2D eigenvalue weighted by Crippen LogP contribution is -2.02. The summed E-state index contributed by atoms with van der Waals surface area (Å²) in [6.45, 7) is 0. The third-order valence-corrected chi connectivity index (χ3v) is 8.48. The number of hydrogen-bond donors (Lipinski definition) is 0. The molecule has 0 aliphatic rings. The topological polar surface area (TPSA) is 73.8 Å². The predicted molar refractivity (Wildman–Crippen MR) is 184 cm³/mol. The summed E-state index contributed by atoms with van der Waals surface area (Å²) in [4.78, 5) is 28.0. The fraction of sp³-hybridized carbons (Fsp3) is 0. The summed E-state index contributed by atoms with van der Waals surface area (Å²) in [7, 11) is 0. The van der Waals surface area contributed by atoms with Crippen LogP contribution in [-0.4, -0.2) is 19.5 Å². The minimum Gasteiger partial charge on any atom is -0.422 e. The molecule has 3 heterocycles. The molecule has 6 aromatic carbocycles. The molecule has 0 aliphatic carbocycles. The van der Waals surface area contributed by atoms with Crippen LogP contribution < -0.4 is 5.63 Å². The zero-order valence-electron chi connectivity index (χ0n) is 24.5. The van der Waals surface area contributed by atoms with E-state index in [-0.39, 0.29) is 5.63 Å². The molecule has 216 valence electrons. The minimum absolute atomic E-state index is 0.353. The van der Waals surface area contributed by atoms with Crippen molar-refractivity contribution >= 4 is 43.5 Å². The SMILES string of the molecule is O=c1oc2ccccc2c2c1ccc1c3ccccc3n(-c3cccc(-c4nc(-c5ccccc5)nc(-c5ccccc5)n4)c3)c12. The third kappa shape index (κ3) is 4.12. The molecule has 0 saturated heterocycles.